The Hall–Kier alpha value is -0.530. The third-order valence-corrected chi connectivity index (χ3v) is 5.52. The van der Waals surface area contributed by atoms with E-state index in [1.807, 2.05) is 0 Å². The number of ether oxygens (including phenoxy) is 2. The van der Waals surface area contributed by atoms with Crippen molar-refractivity contribution in [1.82, 2.24) is 0 Å². The molecule has 1 aromatic carbocycles. The molecule has 0 aliphatic carbocycles. The summed E-state index contributed by atoms with van der Waals surface area (Å²) in [5, 5.41) is 20.1. The second-order valence-electron chi connectivity index (χ2n) is 8.17. The molecule has 40 heavy (non-hydrogen) atoms. The summed E-state index contributed by atoms with van der Waals surface area (Å²) in [6.07, 6.45) is 3.96. The van der Waals surface area contributed by atoms with Crippen molar-refractivity contribution < 1.29 is 138 Å². The zero-order valence-electron chi connectivity index (χ0n) is 25.3. The fraction of sp³-hybridized carbons (Fsp3) is 0.519. The number of carbonyl (C=O) groups excluding carboxylic acids is 5. The van der Waals surface area contributed by atoms with Gasteiger partial charge >= 0.3 is 101 Å². The van der Waals surface area contributed by atoms with Gasteiger partial charge in [0.25, 0.3) is 0 Å². The Balaban J connectivity index is -0.000000107. The van der Waals surface area contributed by atoms with Crippen LogP contribution in [0, 0.1) is 23.7 Å². The number of hydrogen-bond acceptors (Lipinski definition) is 10. The number of esters is 2. The maximum absolute atomic E-state index is 11.3. The molecule has 1 aromatic rings. The third-order valence-electron chi connectivity index (χ3n) is 5.52. The van der Waals surface area contributed by atoms with Gasteiger partial charge in [-0.2, -0.15) is 0 Å². The number of rotatable bonds is 12. The largest absolute Gasteiger partial charge is 1.00 e. The fourth-order valence-corrected chi connectivity index (χ4v) is 2.21. The van der Waals surface area contributed by atoms with Crippen molar-refractivity contribution in [3.05, 3.63) is 48.6 Å². The minimum atomic E-state index is -1.36. The van der Waals surface area contributed by atoms with Crippen LogP contribution in [0.15, 0.2) is 43.0 Å². The third kappa shape index (κ3) is 25.2. The van der Waals surface area contributed by atoms with E-state index in [-0.39, 0.29) is 107 Å². The van der Waals surface area contributed by atoms with Gasteiger partial charge in [-0.1, -0.05) is 78.5 Å². The number of aliphatic carboxylic acids is 2. The zero-order chi connectivity index (χ0) is 28.3. The van der Waals surface area contributed by atoms with Gasteiger partial charge in [0.15, 0.2) is 0 Å². The first-order chi connectivity index (χ1) is 16.8. The molecule has 0 radical (unpaired) electrons. The quantitative estimate of drug-likeness (QED) is 0.0745. The van der Waals surface area contributed by atoms with Crippen LogP contribution in [0.25, 0.3) is 0 Å². The molecule has 0 saturated carbocycles. The predicted molar refractivity (Wildman–Crippen MR) is 132 cm³/mol. The molecular formula is C27H38Na3O10-. The van der Waals surface area contributed by atoms with Crippen LogP contribution in [0.4, 0.5) is 0 Å². The number of carboxylic acid groups (broad SMARTS) is 2. The molecule has 5 atom stereocenters. The van der Waals surface area contributed by atoms with Crippen molar-refractivity contribution in [1.29, 1.82) is 0 Å². The molecule has 1 N–H and O–H groups in total. The van der Waals surface area contributed by atoms with Crippen LogP contribution in [-0.2, 0) is 33.4 Å². The Morgan fingerprint density at radius 1 is 0.850 bits per heavy atom. The van der Waals surface area contributed by atoms with Crippen molar-refractivity contribution in [2.45, 2.75) is 53.9 Å². The first-order valence-electron chi connectivity index (χ1n) is 11.6. The van der Waals surface area contributed by atoms with E-state index < -0.39 is 47.5 Å². The number of hydrogen-bond donors (Lipinski definition) is 0. The normalized spacial score (nSPS) is 12.6. The monoisotopic (exact) mass is 591 g/mol. The summed E-state index contributed by atoms with van der Waals surface area (Å²) < 4.78 is 9.39. The van der Waals surface area contributed by atoms with E-state index in [4.69, 9.17) is 4.74 Å². The first-order valence-corrected chi connectivity index (χ1v) is 11.6. The van der Waals surface area contributed by atoms with Crippen molar-refractivity contribution in [2.24, 2.45) is 23.7 Å². The van der Waals surface area contributed by atoms with Gasteiger partial charge < -0.3 is 39.5 Å². The molecule has 5 unspecified atom stereocenters. The van der Waals surface area contributed by atoms with E-state index in [0.29, 0.717) is 5.92 Å². The van der Waals surface area contributed by atoms with Crippen LogP contribution < -0.4 is 98.9 Å². The molecule has 13 heteroatoms. The van der Waals surface area contributed by atoms with E-state index in [1.54, 1.807) is 20.1 Å². The molecule has 0 amide bonds. The Morgan fingerprint density at radius 3 is 1.62 bits per heavy atom. The second kappa shape index (κ2) is 31.4. The Labute approximate surface area is 304 Å². The van der Waals surface area contributed by atoms with Crippen molar-refractivity contribution in [2.75, 3.05) is 13.2 Å². The van der Waals surface area contributed by atoms with E-state index in [1.165, 1.54) is 25.8 Å². The molecule has 0 aromatic heterocycles. The van der Waals surface area contributed by atoms with E-state index in [9.17, 15) is 34.2 Å². The molecule has 0 fully saturated rings. The average Bonchev–Trinajstić information content (AvgIpc) is 2.89. The van der Waals surface area contributed by atoms with Crippen LogP contribution in [0.1, 0.15) is 59.4 Å². The zero-order valence-corrected chi connectivity index (χ0v) is 31.3. The van der Waals surface area contributed by atoms with Crippen LogP contribution in [0.3, 0.4) is 0 Å². The summed E-state index contributed by atoms with van der Waals surface area (Å²) in [6, 6.07) is 10.6. The van der Waals surface area contributed by atoms with Crippen molar-refractivity contribution in [3.8, 4) is 0 Å². The van der Waals surface area contributed by atoms with Gasteiger partial charge in [0.2, 0.25) is 0 Å². The van der Waals surface area contributed by atoms with Crippen LogP contribution >= 0.6 is 0 Å². The fourth-order valence-electron chi connectivity index (χ4n) is 2.21. The summed E-state index contributed by atoms with van der Waals surface area (Å²) in [6.45, 7) is 13.3. The summed E-state index contributed by atoms with van der Waals surface area (Å²) >= 11 is 0. The topological polar surface area (TPSA) is 180 Å². The standard InChI is InChI=1S/C11H15O5.C10H14.C6H10O4.3Na.H2O/c1-4-10(13)15-5-6-16-11(14)9(3)8(2)7-12;1-3-9(2)10-7-5-4-6-8-10;1-3(5(7)8)4(2)6(9)10;;;;/h4,8-9H,1,5-6H2,2-3H3;4-9H,3H2,1-2H3;3-4H,1-2H3,(H,7,8)(H,9,10);;;;1H2/q-1;;;3*+1;/p-3. The van der Waals surface area contributed by atoms with Gasteiger partial charge in [-0.25, -0.2) is 4.79 Å². The molecule has 0 saturated heterocycles. The van der Waals surface area contributed by atoms with Gasteiger partial charge in [0.1, 0.15) is 13.2 Å². The second-order valence-corrected chi connectivity index (χ2v) is 8.17. The molecule has 10 nitrogen and oxygen atoms in total. The summed E-state index contributed by atoms with van der Waals surface area (Å²) in [5.41, 5.74) is 1.45. The first kappa shape index (κ1) is 52.1. The van der Waals surface area contributed by atoms with E-state index >= 15 is 0 Å². The van der Waals surface area contributed by atoms with Crippen molar-refractivity contribution in [3.63, 3.8) is 0 Å². The van der Waals surface area contributed by atoms with Crippen LogP contribution in [0.2, 0.25) is 0 Å². The summed E-state index contributed by atoms with van der Waals surface area (Å²) in [4.78, 5) is 52.3. The summed E-state index contributed by atoms with van der Waals surface area (Å²) in [7, 11) is 0. The molecule has 0 aliphatic rings. The minimum absolute atomic E-state index is 0. The molecular weight excluding hydrogens is 553 g/mol. The molecule has 0 heterocycles. The average molecular weight is 592 g/mol. The molecule has 0 bridgehead atoms. The van der Waals surface area contributed by atoms with E-state index in [2.05, 4.69) is 55.5 Å². The van der Waals surface area contributed by atoms with Gasteiger partial charge in [-0.3, -0.25) is 11.1 Å². The number of carbonyl (C=O) groups is 4. The maximum Gasteiger partial charge on any atom is 1.00 e. The SMILES string of the molecule is C=CC(=O)OCCOC(=O)C(C)C(C)[C-]=O.CC(C(=O)[O-])C(C)C(=O)[O-].CCC(C)c1ccccc1.[Na+].[Na+].[Na+].[OH-]. The summed E-state index contributed by atoms with van der Waals surface area (Å²) in [5.74, 6) is -6.15. The van der Waals surface area contributed by atoms with E-state index in [0.717, 1.165) is 6.08 Å². The van der Waals surface area contributed by atoms with Gasteiger partial charge in [-0.05, 0) is 17.9 Å². The van der Waals surface area contributed by atoms with Crippen LogP contribution in [0.5, 0.6) is 0 Å². The van der Waals surface area contributed by atoms with Crippen molar-refractivity contribution >= 4 is 30.2 Å². The minimum Gasteiger partial charge on any atom is -0.870 e. The molecule has 0 aliphatic heterocycles. The van der Waals surface area contributed by atoms with Gasteiger partial charge in [0.05, 0.1) is 0 Å². The Bertz CT molecular complexity index is 819. The number of benzene rings is 1. The number of carboxylic acids is 2. The molecule has 1 rings (SSSR count). The van der Waals surface area contributed by atoms with Gasteiger partial charge in [0, 0.05) is 35.8 Å². The smallest absolute Gasteiger partial charge is 0.870 e. The molecule has 0 spiro atoms. The maximum atomic E-state index is 11.3. The Morgan fingerprint density at radius 2 is 1.27 bits per heavy atom. The van der Waals surface area contributed by atoms with Gasteiger partial charge in [-0.15, -0.1) is 5.92 Å². The predicted octanol–water partition coefficient (Wildman–Crippen LogP) is -7.57. The molecule has 210 valence electrons. The Kier molecular flexibility index (Phi) is 40.9. The van der Waals surface area contributed by atoms with Crippen LogP contribution in [-0.4, -0.2) is 48.9 Å².